The van der Waals surface area contributed by atoms with Gasteiger partial charge >= 0.3 is 0 Å². The monoisotopic (exact) mass is 580 g/mol. The molecule has 2 amide bonds. The van der Waals surface area contributed by atoms with Crippen LogP contribution in [-0.4, -0.2) is 54.0 Å². The minimum Gasteiger partial charge on any atom is -0.404 e. The normalized spacial score (nSPS) is 12.4. The molecule has 2 aromatic rings. The van der Waals surface area contributed by atoms with Crippen LogP contribution >= 0.6 is 0 Å². The first-order chi connectivity index (χ1) is 20.2. The van der Waals surface area contributed by atoms with Crippen molar-refractivity contribution in [1.82, 2.24) is 9.97 Å². The fourth-order valence-electron chi connectivity index (χ4n) is 3.82. The lowest BCUT2D eigenvalue weighted by Gasteiger charge is -2.11. The van der Waals surface area contributed by atoms with Crippen molar-refractivity contribution in [2.75, 3.05) is 30.9 Å². The van der Waals surface area contributed by atoms with Gasteiger partial charge in [0, 0.05) is 43.3 Å². The van der Waals surface area contributed by atoms with Gasteiger partial charge in [-0.15, -0.1) is 0 Å². The number of nitrogens with one attached hydrogen (secondary N) is 2. The molecule has 1 atom stereocenters. The first-order valence-corrected chi connectivity index (χ1v) is 14.5. The minimum absolute atomic E-state index is 0.0732. The Morgan fingerprint density at radius 2 is 1.86 bits per heavy atom. The van der Waals surface area contributed by atoms with E-state index in [9.17, 15) is 9.59 Å². The summed E-state index contributed by atoms with van der Waals surface area (Å²) in [6.45, 7) is 11.4. The van der Waals surface area contributed by atoms with Crippen molar-refractivity contribution >= 4 is 40.7 Å². The van der Waals surface area contributed by atoms with E-state index < -0.39 is 5.91 Å². The molecule has 2 heterocycles. The molecule has 2 rings (SSSR count). The molecule has 0 spiro atoms. The van der Waals surface area contributed by atoms with Crippen LogP contribution < -0.4 is 22.2 Å². The maximum atomic E-state index is 12.8. The fourth-order valence-corrected chi connectivity index (χ4v) is 3.82. The Kier molecular flexibility index (Phi) is 17.7. The fraction of sp³-hybridized carbons (Fsp3) is 0.484. The summed E-state index contributed by atoms with van der Waals surface area (Å²) >= 11 is 0. The second-order valence-corrected chi connectivity index (χ2v) is 9.81. The highest BCUT2D eigenvalue weighted by molar-refractivity contribution is 6.48. The van der Waals surface area contributed by atoms with Crippen molar-refractivity contribution in [3.8, 4) is 0 Å². The molecule has 1 unspecified atom stereocenters. The number of methoxy groups -OCH3 is 1. The van der Waals surface area contributed by atoms with Crippen molar-refractivity contribution in [2.24, 2.45) is 27.6 Å². The maximum absolute atomic E-state index is 12.8. The van der Waals surface area contributed by atoms with E-state index in [2.05, 4.69) is 51.5 Å². The Balaban J connectivity index is 0.000000844. The van der Waals surface area contributed by atoms with Crippen LogP contribution in [0, 0.1) is 12.8 Å². The van der Waals surface area contributed by atoms with Gasteiger partial charge in [-0.25, -0.2) is 0 Å². The number of aromatic nitrogens is 2. The van der Waals surface area contributed by atoms with Gasteiger partial charge in [0.2, 0.25) is 5.91 Å². The van der Waals surface area contributed by atoms with Gasteiger partial charge in [0.05, 0.1) is 42.1 Å². The average molecular weight is 581 g/mol. The highest BCUT2D eigenvalue weighted by atomic mass is 16.5. The number of nitrogens with two attached hydrogens (primary N) is 2. The number of rotatable bonds is 15. The van der Waals surface area contributed by atoms with Crippen LogP contribution in [0.15, 0.2) is 46.9 Å². The van der Waals surface area contributed by atoms with E-state index >= 15 is 0 Å². The van der Waals surface area contributed by atoms with E-state index in [-0.39, 0.29) is 17.3 Å². The number of hydrogen-bond donors (Lipinski definition) is 4. The zero-order valence-electron chi connectivity index (χ0n) is 25.9. The molecule has 0 saturated carbocycles. The molecule has 42 heavy (non-hydrogen) atoms. The first kappa shape index (κ1) is 35.9. The lowest BCUT2D eigenvalue weighted by atomic mass is 10.00. The van der Waals surface area contributed by atoms with E-state index in [1.54, 1.807) is 51.6 Å². The first-order valence-electron chi connectivity index (χ1n) is 14.5. The van der Waals surface area contributed by atoms with Gasteiger partial charge < -0.3 is 26.9 Å². The molecular formula is C31H48N8O3. The second kappa shape index (κ2) is 20.7. The van der Waals surface area contributed by atoms with Gasteiger partial charge in [-0.1, -0.05) is 65.9 Å². The summed E-state index contributed by atoms with van der Waals surface area (Å²) in [6, 6.07) is 4.95. The number of carbonyl (C=O) groups excluding carboxylic acids is 2. The topological polar surface area (TPSA) is 170 Å². The van der Waals surface area contributed by atoms with E-state index in [0.717, 1.165) is 5.92 Å². The molecule has 0 aliphatic rings. The number of pyridine rings is 2. The standard InChI is InChI=1S/C22H28N8O3.C9H20/c1-4-20(31)28-17-9-19(14(2)26-13-17)29-22(32)21(30-24)18-6-5-15(12-27-18)16(10-23)11-25-7-8-33-3;1-4-6-8-9(3)7-5-2/h5-6,9-13H,4,7-8,23-24H2,1-3H3,(H,28,31)(H,29,32);9H,4-8H2,1-3H3/b16-10+,25-11?,30-21+;. The second-order valence-electron chi connectivity index (χ2n) is 9.81. The molecule has 2 aromatic heterocycles. The van der Waals surface area contributed by atoms with Crippen molar-refractivity contribution in [2.45, 2.75) is 73.1 Å². The number of unbranched alkanes of at least 4 members (excludes halogenated alkanes) is 1. The predicted octanol–water partition coefficient (Wildman–Crippen LogP) is 5.06. The van der Waals surface area contributed by atoms with Crippen LogP contribution in [0.5, 0.6) is 0 Å². The zero-order chi connectivity index (χ0) is 31.3. The molecule has 0 aliphatic heterocycles. The number of ether oxygens (including phenoxy) is 1. The third-order valence-electron chi connectivity index (χ3n) is 6.29. The lowest BCUT2D eigenvalue weighted by Crippen LogP contribution is -2.26. The SMILES string of the molecule is CCC(=O)Nc1cnc(C)c(NC(=O)/C(=N/N)c2ccc(/C(C=NCCOC)=C/N)cn2)c1.CCCCC(C)CCC. The van der Waals surface area contributed by atoms with E-state index in [0.29, 0.717) is 47.8 Å². The quantitative estimate of drug-likeness (QED) is 0.0986. The van der Waals surface area contributed by atoms with Gasteiger partial charge in [0.15, 0.2) is 5.71 Å². The van der Waals surface area contributed by atoms with E-state index in [1.807, 2.05) is 0 Å². The Labute approximate surface area is 250 Å². The number of aryl methyl sites for hydroxylation is 1. The molecular weight excluding hydrogens is 532 g/mol. The summed E-state index contributed by atoms with van der Waals surface area (Å²) in [6.07, 6.45) is 13.4. The highest BCUT2D eigenvalue weighted by Gasteiger charge is 2.18. The van der Waals surface area contributed by atoms with Crippen molar-refractivity contribution in [1.29, 1.82) is 0 Å². The molecule has 0 aliphatic carbocycles. The van der Waals surface area contributed by atoms with Crippen molar-refractivity contribution in [3.05, 3.63) is 53.7 Å². The molecule has 6 N–H and O–H groups in total. The van der Waals surface area contributed by atoms with Crippen molar-refractivity contribution in [3.63, 3.8) is 0 Å². The van der Waals surface area contributed by atoms with Crippen LogP contribution in [0.3, 0.4) is 0 Å². The number of carbonyl (C=O) groups is 2. The lowest BCUT2D eigenvalue weighted by molar-refractivity contribution is -0.116. The summed E-state index contributed by atoms with van der Waals surface area (Å²) < 4.78 is 4.96. The van der Waals surface area contributed by atoms with Gasteiger partial charge in [0.25, 0.3) is 5.91 Å². The Bertz CT molecular complexity index is 1190. The number of hydrogen-bond acceptors (Lipinski definition) is 9. The highest BCUT2D eigenvalue weighted by Crippen LogP contribution is 2.19. The summed E-state index contributed by atoms with van der Waals surface area (Å²) in [5, 5.41) is 9.02. The van der Waals surface area contributed by atoms with Gasteiger partial charge in [-0.05, 0) is 25.0 Å². The third kappa shape index (κ3) is 13.0. The molecule has 0 aromatic carbocycles. The summed E-state index contributed by atoms with van der Waals surface area (Å²) in [5.41, 5.74) is 8.69. The number of anilines is 2. The van der Waals surface area contributed by atoms with E-state index in [4.69, 9.17) is 16.3 Å². The summed E-state index contributed by atoms with van der Waals surface area (Å²) in [5.74, 6) is 5.71. The number of allylic oxidation sites excluding steroid dienone is 1. The number of nitrogens with zero attached hydrogens (tertiary/aromatic N) is 4. The molecule has 0 bridgehead atoms. The summed E-state index contributed by atoms with van der Waals surface area (Å²) in [4.78, 5) is 37.2. The third-order valence-corrected chi connectivity index (χ3v) is 6.29. The Morgan fingerprint density at radius 3 is 2.43 bits per heavy atom. The van der Waals surface area contributed by atoms with Gasteiger partial charge in [-0.3, -0.25) is 24.5 Å². The van der Waals surface area contributed by atoms with Crippen LogP contribution in [0.25, 0.3) is 5.57 Å². The van der Waals surface area contributed by atoms with E-state index in [1.165, 1.54) is 44.5 Å². The van der Waals surface area contributed by atoms with Crippen molar-refractivity contribution < 1.29 is 14.3 Å². The maximum Gasteiger partial charge on any atom is 0.278 e. The number of aliphatic imine (C=N–C) groups is 1. The molecule has 11 heteroatoms. The smallest absolute Gasteiger partial charge is 0.278 e. The molecule has 0 fully saturated rings. The van der Waals surface area contributed by atoms with Gasteiger partial charge in [-0.2, -0.15) is 5.10 Å². The molecule has 0 radical (unpaired) electrons. The van der Waals surface area contributed by atoms with Crippen LogP contribution in [-0.2, 0) is 14.3 Å². The largest absolute Gasteiger partial charge is 0.404 e. The predicted molar refractivity (Wildman–Crippen MR) is 172 cm³/mol. The number of hydrazone groups is 1. The molecule has 230 valence electrons. The van der Waals surface area contributed by atoms with Crippen LogP contribution in [0.2, 0.25) is 0 Å². The van der Waals surface area contributed by atoms with Gasteiger partial charge in [0.1, 0.15) is 0 Å². The molecule has 11 nitrogen and oxygen atoms in total. The number of amides is 2. The summed E-state index contributed by atoms with van der Waals surface area (Å²) in [7, 11) is 1.60. The molecule has 0 saturated heterocycles. The average Bonchev–Trinajstić information content (AvgIpc) is 2.99. The minimum atomic E-state index is -0.572. The Hall–Kier alpha value is -4.12. The van der Waals surface area contributed by atoms with Crippen LogP contribution in [0.1, 0.15) is 83.2 Å². The zero-order valence-corrected chi connectivity index (χ0v) is 25.9. The van der Waals surface area contributed by atoms with Crippen LogP contribution in [0.4, 0.5) is 11.4 Å². The Morgan fingerprint density at radius 1 is 1.10 bits per heavy atom.